The van der Waals surface area contributed by atoms with Crippen molar-refractivity contribution in [3.8, 4) is 0 Å². The van der Waals surface area contributed by atoms with Crippen molar-refractivity contribution in [3.63, 3.8) is 0 Å². The highest BCUT2D eigenvalue weighted by molar-refractivity contribution is 8.00. The van der Waals surface area contributed by atoms with Gasteiger partial charge in [-0.3, -0.25) is 43.6 Å². The second-order valence-electron chi connectivity index (χ2n) is 15.1. The first-order valence-electron chi connectivity index (χ1n) is 20.2. The van der Waals surface area contributed by atoms with Gasteiger partial charge >= 0.3 is 29.9 Å². The summed E-state index contributed by atoms with van der Waals surface area (Å²) in [5.74, 6) is -3.38. The van der Waals surface area contributed by atoms with Crippen molar-refractivity contribution < 1.29 is 53.9 Å². The second kappa shape index (κ2) is 25.5. The molecule has 4 rings (SSSR count). The number of thiocarbonyl (C=S) groups is 1. The normalized spacial score (nSPS) is 22.0. The summed E-state index contributed by atoms with van der Waals surface area (Å²) in [5.41, 5.74) is 1.54. The summed E-state index contributed by atoms with van der Waals surface area (Å²) < 4.78 is 5.62. The molecule has 1 aromatic rings. The lowest BCUT2D eigenvalue weighted by Gasteiger charge is -2.37. The van der Waals surface area contributed by atoms with E-state index in [1.165, 1.54) is 0 Å². The summed E-state index contributed by atoms with van der Waals surface area (Å²) in [6.07, 6.45) is 3.46. The van der Waals surface area contributed by atoms with Gasteiger partial charge in [-0.2, -0.15) is 11.8 Å². The summed E-state index contributed by atoms with van der Waals surface area (Å²) in [6.45, 7) is 1.72. The third kappa shape index (κ3) is 18.1. The Balaban J connectivity index is 1.21. The maximum Gasteiger partial charge on any atom is 0.317 e. The molecule has 3 saturated heterocycles. The van der Waals surface area contributed by atoms with E-state index in [0.29, 0.717) is 55.2 Å². The van der Waals surface area contributed by atoms with Crippen LogP contribution in [0.25, 0.3) is 0 Å². The number of carboxylic acid groups (broad SMARTS) is 4. The number of carboxylic acids is 4. The number of nitrogens with zero attached hydrogens (tertiary/aromatic N) is 4. The van der Waals surface area contributed by atoms with Crippen LogP contribution in [0.15, 0.2) is 24.3 Å². The molecule has 3 aliphatic rings. The van der Waals surface area contributed by atoms with E-state index in [1.807, 2.05) is 36.0 Å². The minimum atomic E-state index is -1.08. The number of urea groups is 1. The van der Waals surface area contributed by atoms with Gasteiger partial charge in [0.1, 0.15) is 0 Å². The van der Waals surface area contributed by atoms with Crippen LogP contribution in [-0.2, 0) is 35.1 Å². The fourth-order valence-corrected chi connectivity index (χ4v) is 9.25. The molecule has 4 unspecified atom stereocenters. The largest absolute Gasteiger partial charge is 0.480 e. The van der Waals surface area contributed by atoms with E-state index >= 15 is 0 Å². The number of carbonyl (C=O) groups excluding carboxylic acids is 2. The minimum absolute atomic E-state index is 0.0182. The van der Waals surface area contributed by atoms with E-state index in [1.54, 1.807) is 19.6 Å². The lowest BCUT2D eigenvalue weighted by atomic mass is 10.0. The van der Waals surface area contributed by atoms with Crippen LogP contribution in [0, 0.1) is 0 Å². The van der Waals surface area contributed by atoms with Crippen molar-refractivity contribution in [1.29, 1.82) is 0 Å². The fraction of sp³-hybridized carbons (Fsp3) is 0.658. The number of amides is 3. The third-order valence-corrected chi connectivity index (χ3v) is 12.2. The van der Waals surface area contributed by atoms with Gasteiger partial charge in [-0.25, -0.2) is 4.79 Å². The quantitative estimate of drug-likeness (QED) is 0.0396. The molecule has 9 N–H and O–H groups in total. The molecule has 3 amide bonds. The predicted octanol–water partition coefficient (Wildman–Crippen LogP) is -0.697. The molecular weight excluding hydrogens is 823 g/mol. The Morgan fingerprint density at radius 3 is 1.98 bits per heavy atom. The van der Waals surface area contributed by atoms with Crippen LogP contribution in [0.2, 0.25) is 0 Å². The van der Waals surface area contributed by atoms with Crippen LogP contribution in [0.1, 0.15) is 31.2 Å². The first kappa shape index (κ1) is 48.3. The Labute approximate surface area is 359 Å². The Hall–Kier alpha value is -4.32. The van der Waals surface area contributed by atoms with Gasteiger partial charge in [0.05, 0.1) is 51.5 Å². The minimum Gasteiger partial charge on any atom is -0.480 e. The molecule has 22 heteroatoms. The SMILES string of the molecule is O=C(O)CN1CCN(CC(=O)O)CCN(CC(=O)O)C(Cc2ccc(NC(=S)NCCOCCNC(=O)CCCCC3SCC4NC(=O)NC43)cc2)CN(CC(=O)O)CC1. The van der Waals surface area contributed by atoms with Gasteiger partial charge in [0, 0.05) is 88.1 Å². The smallest absolute Gasteiger partial charge is 0.317 e. The standard InChI is InChI=1S/C38H59N9O11S2/c48-31(4-2-1-3-30-36-29(25-60-30)42-37(57)43-36)39-9-17-58-18-10-40-38(59)41-27-7-5-26(6-8-27)19-28-20-46(23-34(53)54)14-13-44(21-32(49)50)11-12-45(22-33(51)52)15-16-47(28)24-35(55)56/h5-8,28-30,36H,1-4,9-25H2,(H,39,48)(H,49,50)(H,51,52)(H,53,54)(H,55,56)(H2,40,41,59)(H2,42,43,57). The van der Waals surface area contributed by atoms with Gasteiger partial charge in [-0.15, -0.1) is 0 Å². The average Bonchev–Trinajstić information content (AvgIpc) is 3.73. The Kier molecular flexibility index (Phi) is 20.5. The van der Waals surface area contributed by atoms with Crippen LogP contribution in [0.4, 0.5) is 10.5 Å². The Bertz CT molecular complexity index is 1610. The zero-order chi connectivity index (χ0) is 43.4. The molecule has 0 bridgehead atoms. The van der Waals surface area contributed by atoms with Crippen LogP contribution in [0.3, 0.4) is 0 Å². The first-order valence-corrected chi connectivity index (χ1v) is 21.6. The van der Waals surface area contributed by atoms with Crippen LogP contribution < -0.4 is 26.6 Å². The van der Waals surface area contributed by atoms with E-state index in [9.17, 15) is 49.2 Å². The molecule has 3 fully saturated rings. The molecule has 0 saturated carbocycles. The molecule has 3 heterocycles. The van der Waals surface area contributed by atoms with Gasteiger partial charge in [0.15, 0.2) is 5.11 Å². The van der Waals surface area contributed by atoms with Crippen LogP contribution >= 0.6 is 24.0 Å². The molecular formula is C38H59N9O11S2. The van der Waals surface area contributed by atoms with Crippen LogP contribution in [-0.4, -0.2) is 208 Å². The van der Waals surface area contributed by atoms with E-state index in [0.717, 1.165) is 30.6 Å². The number of hydrogen-bond donors (Lipinski definition) is 9. The van der Waals surface area contributed by atoms with E-state index in [2.05, 4.69) is 26.6 Å². The number of rotatable bonds is 22. The number of fused-ring (bicyclic) bond motifs is 1. The van der Waals surface area contributed by atoms with Gasteiger partial charge in [-0.05, 0) is 49.2 Å². The zero-order valence-electron chi connectivity index (χ0n) is 33.7. The van der Waals surface area contributed by atoms with E-state index < -0.39 is 29.9 Å². The monoisotopic (exact) mass is 881 g/mol. The summed E-state index contributed by atoms with van der Waals surface area (Å²) in [7, 11) is 0. The highest BCUT2D eigenvalue weighted by atomic mass is 32.2. The third-order valence-electron chi connectivity index (χ3n) is 10.4. The molecule has 0 aromatic heterocycles. The van der Waals surface area contributed by atoms with Gasteiger partial charge in [0.2, 0.25) is 5.91 Å². The first-order chi connectivity index (χ1) is 28.7. The van der Waals surface area contributed by atoms with Crippen molar-refractivity contribution in [2.24, 2.45) is 0 Å². The molecule has 20 nitrogen and oxygen atoms in total. The number of hydrogen-bond acceptors (Lipinski definition) is 13. The summed E-state index contributed by atoms with van der Waals surface area (Å²) in [6, 6.07) is 7.17. The highest BCUT2D eigenvalue weighted by Crippen LogP contribution is 2.33. The Morgan fingerprint density at radius 2 is 1.35 bits per heavy atom. The highest BCUT2D eigenvalue weighted by Gasteiger charge is 2.42. The van der Waals surface area contributed by atoms with Gasteiger partial charge < -0.3 is 51.7 Å². The Morgan fingerprint density at radius 1 is 0.767 bits per heavy atom. The van der Waals surface area contributed by atoms with Gasteiger partial charge in [-0.1, -0.05) is 18.6 Å². The second-order valence-corrected chi connectivity index (χ2v) is 16.8. The van der Waals surface area contributed by atoms with Crippen molar-refractivity contribution in [1.82, 2.24) is 40.9 Å². The van der Waals surface area contributed by atoms with Crippen LogP contribution in [0.5, 0.6) is 0 Å². The average molecular weight is 882 g/mol. The molecule has 60 heavy (non-hydrogen) atoms. The number of unbranched alkanes of at least 4 members (excludes halogenated alkanes) is 1. The maximum absolute atomic E-state index is 12.2. The zero-order valence-corrected chi connectivity index (χ0v) is 35.4. The number of benzene rings is 1. The molecule has 0 aliphatic carbocycles. The number of thioether (sulfide) groups is 1. The number of nitrogens with one attached hydrogen (secondary N) is 5. The van der Waals surface area contributed by atoms with Crippen molar-refractivity contribution in [2.75, 3.05) is 109 Å². The molecule has 0 radical (unpaired) electrons. The van der Waals surface area contributed by atoms with Crippen molar-refractivity contribution in [2.45, 2.75) is 55.5 Å². The molecule has 334 valence electrons. The molecule has 1 aromatic carbocycles. The summed E-state index contributed by atoms with van der Waals surface area (Å²) >= 11 is 7.31. The number of ether oxygens (including phenoxy) is 1. The lowest BCUT2D eigenvalue weighted by molar-refractivity contribution is -0.142. The maximum atomic E-state index is 12.2. The number of anilines is 1. The van der Waals surface area contributed by atoms with Crippen molar-refractivity contribution in [3.05, 3.63) is 29.8 Å². The fourth-order valence-electron chi connectivity index (χ4n) is 7.49. The molecule has 0 spiro atoms. The number of aliphatic carboxylic acids is 4. The summed E-state index contributed by atoms with van der Waals surface area (Å²) in [4.78, 5) is 77.6. The lowest BCUT2D eigenvalue weighted by Crippen LogP contribution is -2.53. The van der Waals surface area contributed by atoms with E-state index in [4.69, 9.17) is 17.0 Å². The summed E-state index contributed by atoms with van der Waals surface area (Å²) in [5, 5.41) is 54.3. The molecule has 4 atom stereocenters. The topological polar surface area (TPSA) is 266 Å². The molecule has 3 aliphatic heterocycles. The van der Waals surface area contributed by atoms with Crippen molar-refractivity contribution >= 4 is 70.6 Å². The number of carbonyl (C=O) groups is 6. The van der Waals surface area contributed by atoms with E-state index in [-0.39, 0.29) is 96.0 Å². The predicted molar refractivity (Wildman–Crippen MR) is 227 cm³/mol. The van der Waals surface area contributed by atoms with Gasteiger partial charge in [0.25, 0.3) is 0 Å².